The Morgan fingerprint density at radius 1 is 0.571 bits per heavy atom. The highest BCUT2D eigenvalue weighted by molar-refractivity contribution is 5.63. The molecule has 0 bridgehead atoms. The lowest BCUT2D eigenvalue weighted by atomic mass is 10.1. The van der Waals surface area contributed by atoms with E-state index >= 15 is 0 Å². The fraction of sp³-hybridized carbons (Fsp3) is 0.100. The second-order valence-corrected chi connectivity index (χ2v) is 6.41. The summed E-state index contributed by atoms with van der Waals surface area (Å²) in [5.41, 5.74) is 3.38. The van der Waals surface area contributed by atoms with E-state index in [1.807, 2.05) is 84.2 Å². The van der Waals surface area contributed by atoms with Crippen molar-refractivity contribution in [3.8, 4) is 46.1 Å². The van der Waals surface area contributed by atoms with Crippen molar-refractivity contribution in [1.29, 1.82) is 0 Å². The molecule has 0 amide bonds. The number of benzene rings is 1. The second-order valence-electron chi connectivity index (χ2n) is 6.41. The first-order chi connectivity index (χ1) is 13.7. The third-order valence-electron chi connectivity index (χ3n) is 4.55. The van der Waals surface area contributed by atoms with Crippen LogP contribution in [0.2, 0.25) is 0 Å². The maximum Gasteiger partial charge on any atom is 0.264 e. The van der Waals surface area contributed by atoms with E-state index in [4.69, 9.17) is 8.83 Å². The molecule has 4 heterocycles. The van der Waals surface area contributed by atoms with E-state index in [1.165, 1.54) is 0 Å². The van der Waals surface area contributed by atoms with Crippen LogP contribution in [0.3, 0.4) is 0 Å². The van der Waals surface area contributed by atoms with E-state index in [-0.39, 0.29) is 0 Å². The molecule has 0 unspecified atom stereocenters. The molecule has 0 saturated carbocycles. The summed E-state index contributed by atoms with van der Waals surface area (Å²) in [5, 5.41) is 16.6. The summed E-state index contributed by atoms with van der Waals surface area (Å²) < 4.78 is 15.5. The number of aryl methyl sites for hydroxylation is 2. The average molecular weight is 372 g/mol. The van der Waals surface area contributed by atoms with Crippen molar-refractivity contribution in [3.63, 3.8) is 0 Å². The van der Waals surface area contributed by atoms with Gasteiger partial charge in [0.2, 0.25) is 11.8 Å². The molecule has 0 fully saturated rings. The van der Waals surface area contributed by atoms with E-state index in [9.17, 15) is 0 Å². The number of hydrogen-bond donors (Lipinski definition) is 0. The highest BCUT2D eigenvalue weighted by atomic mass is 16.4. The molecule has 138 valence electrons. The van der Waals surface area contributed by atoms with Gasteiger partial charge in [-0.3, -0.25) is 0 Å². The second kappa shape index (κ2) is 6.34. The number of nitrogens with zero attached hydrogens (tertiary/aromatic N) is 6. The van der Waals surface area contributed by atoms with Gasteiger partial charge in [0.05, 0.1) is 0 Å². The van der Waals surface area contributed by atoms with Crippen molar-refractivity contribution >= 4 is 0 Å². The summed E-state index contributed by atoms with van der Waals surface area (Å²) >= 11 is 0. The first-order valence-electron chi connectivity index (χ1n) is 8.70. The average Bonchev–Trinajstić information content (AvgIpc) is 3.48. The monoisotopic (exact) mass is 372 g/mol. The molecular formula is C20H16N6O2. The molecule has 0 aliphatic carbocycles. The van der Waals surface area contributed by atoms with Gasteiger partial charge in [-0.2, -0.15) is 0 Å². The molecular weight excluding hydrogens is 356 g/mol. The number of rotatable bonds is 4. The molecule has 0 aliphatic rings. The van der Waals surface area contributed by atoms with Crippen LogP contribution in [-0.2, 0) is 14.1 Å². The topological polar surface area (TPSA) is 87.7 Å². The normalized spacial score (nSPS) is 11.2. The predicted octanol–water partition coefficient (Wildman–Crippen LogP) is 3.80. The zero-order valence-electron chi connectivity index (χ0n) is 15.3. The van der Waals surface area contributed by atoms with Gasteiger partial charge in [-0.15, -0.1) is 20.4 Å². The van der Waals surface area contributed by atoms with Crippen molar-refractivity contribution < 1.29 is 8.83 Å². The first kappa shape index (κ1) is 16.2. The van der Waals surface area contributed by atoms with Gasteiger partial charge in [0.25, 0.3) is 11.8 Å². The molecule has 0 radical (unpaired) electrons. The van der Waals surface area contributed by atoms with Crippen molar-refractivity contribution in [3.05, 3.63) is 60.9 Å². The minimum Gasteiger partial charge on any atom is -0.415 e. The maximum atomic E-state index is 5.81. The molecule has 0 aliphatic heterocycles. The molecule has 28 heavy (non-hydrogen) atoms. The van der Waals surface area contributed by atoms with Crippen molar-refractivity contribution in [2.45, 2.75) is 0 Å². The SMILES string of the molecule is Cn1cccc1-c1nnc(-c2ccc(-c3nnc(-c4cccn4C)o3)cc2)o1. The highest BCUT2D eigenvalue weighted by Gasteiger charge is 2.15. The van der Waals surface area contributed by atoms with Gasteiger partial charge in [-0.1, -0.05) is 0 Å². The maximum absolute atomic E-state index is 5.81. The van der Waals surface area contributed by atoms with Gasteiger partial charge < -0.3 is 18.0 Å². The van der Waals surface area contributed by atoms with Gasteiger partial charge in [0, 0.05) is 37.6 Å². The van der Waals surface area contributed by atoms with E-state index in [2.05, 4.69) is 20.4 Å². The van der Waals surface area contributed by atoms with Crippen LogP contribution in [0, 0.1) is 0 Å². The minimum absolute atomic E-state index is 0.456. The van der Waals surface area contributed by atoms with Crippen LogP contribution in [0.15, 0.2) is 69.8 Å². The highest BCUT2D eigenvalue weighted by Crippen LogP contribution is 2.28. The third kappa shape index (κ3) is 2.71. The Labute approximate surface area is 160 Å². The lowest BCUT2D eigenvalue weighted by Gasteiger charge is -1.99. The number of aromatic nitrogens is 6. The molecule has 8 nitrogen and oxygen atoms in total. The zero-order valence-corrected chi connectivity index (χ0v) is 15.3. The van der Waals surface area contributed by atoms with E-state index in [0.717, 1.165) is 22.5 Å². The van der Waals surface area contributed by atoms with Crippen molar-refractivity contribution in [2.24, 2.45) is 14.1 Å². The van der Waals surface area contributed by atoms with Crippen LogP contribution in [0.4, 0.5) is 0 Å². The molecule has 5 aromatic rings. The summed E-state index contributed by atoms with van der Waals surface area (Å²) in [6, 6.07) is 15.3. The molecule has 5 rings (SSSR count). The van der Waals surface area contributed by atoms with Gasteiger partial charge in [-0.25, -0.2) is 0 Å². The van der Waals surface area contributed by atoms with Crippen molar-refractivity contribution in [1.82, 2.24) is 29.5 Å². The summed E-state index contributed by atoms with van der Waals surface area (Å²) in [4.78, 5) is 0. The standard InChI is InChI=1S/C20H16N6O2/c1-25-11-3-5-15(25)19-23-21-17(27-19)13-7-9-14(10-8-13)18-22-24-20(28-18)16-6-4-12-26(16)2/h3-12H,1-2H3. The Kier molecular flexibility index (Phi) is 3.68. The van der Waals surface area contributed by atoms with Crippen LogP contribution in [0.25, 0.3) is 46.1 Å². The predicted molar refractivity (Wildman–Crippen MR) is 102 cm³/mol. The molecule has 0 spiro atoms. The van der Waals surface area contributed by atoms with E-state index in [1.54, 1.807) is 0 Å². The van der Waals surface area contributed by atoms with Crippen LogP contribution in [-0.4, -0.2) is 29.5 Å². The first-order valence-corrected chi connectivity index (χ1v) is 8.70. The summed E-state index contributed by atoms with van der Waals surface area (Å²) in [6.45, 7) is 0. The molecule has 0 saturated heterocycles. The van der Waals surface area contributed by atoms with Crippen LogP contribution < -0.4 is 0 Å². The van der Waals surface area contributed by atoms with Gasteiger partial charge >= 0.3 is 0 Å². The minimum atomic E-state index is 0.456. The van der Waals surface area contributed by atoms with Gasteiger partial charge in [-0.05, 0) is 48.5 Å². The quantitative estimate of drug-likeness (QED) is 0.477. The largest absolute Gasteiger partial charge is 0.415 e. The fourth-order valence-electron chi connectivity index (χ4n) is 3.01. The van der Waals surface area contributed by atoms with Crippen LogP contribution in [0.1, 0.15) is 0 Å². The van der Waals surface area contributed by atoms with Gasteiger partial charge in [0.1, 0.15) is 11.4 Å². The Morgan fingerprint density at radius 3 is 1.32 bits per heavy atom. The molecule has 4 aromatic heterocycles. The Bertz CT molecular complexity index is 1140. The lowest BCUT2D eigenvalue weighted by molar-refractivity contribution is 0.577. The number of hydrogen-bond acceptors (Lipinski definition) is 6. The molecule has 8 heteroatoms. The summed E-state index contributed by atoms with van der Waals surface area (Å²) in [6.07, 6.45) is 3.87. The summed E-state index contributed by atoms with van der Waals surface area (Å²) in [7, 11) is 3.87. The Morgan fingerprint density at radius 2 is 0.964 bits per heavy atom. The summed E-state index contributed by atoms with van der Waals surface area (Å²) in [5.74, 6) is 1.88. The van der Waals surface area contributed by atoms with Crippen LogP contribution in [0.5, 0.6) is 0 Å². The van der Waals surface area contributed by atoms with E-state index < -0.39 is 0 Å². The zero-order chi connectivity index (χ0) is 19.1. The molecule has 0 atom stereocenters. The van der Waals surface area contributed by atoms with Crippen LogP contribution >= 0.6 is 0 Å². The van der Waals surface area contributed by atoms with E-state index in [0.29, 0.717) is 23.6 Å². The Hall–Kier alpha value is -3.94. The lowest BCUT2D eigenvalue weighted by Crippen LogP contribution is -1.88. The van der Waals surface area contributed by atoms with Gasteiger partial charge in [0.15, 0.2) is 0 Å². The molecule has 1 aromatic carbocycles. The van der Waals surface area contributed by atoms with Crippen molar-refractivity contribution in [2.75, 3.05) is 0 Å². The Balaban J connectivity index is 1.41. The molecule has 0 N–H and O–H groups in total. The smallest absolute Gasteiger partial charge is 0.264 e. The third-order valence-corrected chi connectivity index (χ3v) is 4.55. The fourth-order valence-corrected chi connectivity index (χ4v) is 3.01.